The molecule has 2 heterocycles. The van der Waals surface area contributed by atoms with Gasteiger partial charge in [0, 0.05) is 38.1 Å². The van der Waals surface area contributed by atoms with Gasteiger partial charge in [-0.3, -0.25) is 4.79 Å². The number of halogens is 1. The minimum absolute atomic E-state index is 0. The van der Waals surface area contributed by atoms with Crippen molar-refractivity contribution in [1.29, 1.82) is 0 Å². The first-order valence-corrected chi connectivity index (χ1v) is 9.06. The molecule has 0 bridgehead atoms. The van der Waals surface area contributed by atoms with Gasteiger partial charge in [0.2, 0.25) is 5.91 Å². The number of methoxy groups -OCH3 is 1. The molecule has 0 radical (unpaired) electrons. The average molecular weight is 381 g/mol. The van der Waals surface area contributed by atoms with Crippen LogP contribution in [0.5, 0.6) is 0 Å². The Bertz CT molecular complexity index is 732. The van der Waals surface area contributed by atoms with Crippen LogP contribution in [0.2, 0.25) is 0 Å². The molecule has 1 aliphatic heterocycles. The minimum Gasteiger partial charge on any atom is -0.461 e. The summed E-state index contributed by atoms with van der Waals surface area (Å²) in [6.07, 6.45) is 2.45. The predicted octanol–water partition coefficient (Wildman–Crippen LogP) is 3.39. The number of para-hydroxylation sites is 1. The highest BCUT2D eigenvalue weighted by Gasteiger charge is 2.41. The van der Waals surface area contributed by atoms with E-state index < -0.39 is 5.41 Å². The SMILES string of the molecule is CCc1oc2ccccc2c1CN(C)C(=O)C1(COC)CCNCC1.Cl. The maximum Gasteiger partial charge on any atom is 0.231 e. The molecule has 1 aromatic carbocycles. The normalized spacial score (nSPS) is 16.3. The molecule has 1 fully saturated rings. The highest BCUT2D eigenvalue weighted by Crippen LogP contribution is 2.33. The third kappa shape index (κ3) is 3.90. The van der Waals surface area contributed by atoms with E-state index in [1.165, 1.54) is 0 Å². The van der Waals surface area contributed by atoms with E-state index in [0.717, 1.165) is 54.6 Å². The number of fused-ring (bicyclic) bond motifs is 1. The number of carbonyl (C=O) groups is 1. The third-order valence-electron chi connectivity index (χ3n) is 5.28. The zero-order valence-corrected chi connectivity index (χ0v) is 16.7. The van der Waals surface area contributed by atoms with Crippen molar-refractivity contribution < 1.29 is 13.9 Å². The fourth-order valence-corrected chi connectivity index (χ4v) is 3.92. The Labute approximate surface area is 161 Å². The second-order valence-corrected chi connectivity index (χ2v) is 6.98. The smallest absolute Gasteiger partial charge is 0.231 e. The number of aryl methyl sites for hydroxylation is 1. The van der Waals surface area contributed by atoms with E-state index in [4.69, 9.17) is 9.15 Å². The van der Waals surface area contributed by atoms with Gasteiger partial charge >= 0.3 is 0 Å². The van der Waals surface area contributed by atoms with Crippen LogP contribution in [0.15, 0.2) is 28.7 Å². The third-order valence-corrected chi connectivity index (χ3v) is 5.28. The zero-order valence-electron chi connectivity index (χ0n) is 15.8. The van der Waals surface area contributed by atoms with Crippen molar-refractivity contribution in [1.82, 2.24) is 10.2 Å². The Kier molecular flexibility index (Phi) is 7.09. The molecule has 0 spiro atoms. The second kappa shape index (κ2) is 8.89. The first-order chi connectivity index (χ1) is 12.1. The van der Waals surface area contributed by atoms with Crippen molar-refractivity contribution >= 4 is 29.3 Å². The van der Waals surface area contributed by atoms with Crippen LogP contribution in [-0.2, 0) is 22.5 Å². The molecule has 1 aromatic heterocycles. The van der Waals surface area contributed by atoms with Crippen molar-refractivity contribution in [2.24, 2.45) is 5.41 Å². The Morgan fingerprint density at radius 1 is 1.31 bits per heavy atom. The Morgan fingerprint density at radius 2 is 2.00 bits per heavy atom. The molecule has 26 heavy (non-hydrogen) atoms. The van der Waals surface area contributed by atoms with E-state index in [1.54, 1.807) is 7.11 Å². The maximum atomic E-state index is 13.3. The van der Waals surface area contributed by atoms with Crippen molar-refractivity contribution in [2.45, 2.75) is 32.7 Å². The van der Waals surface area contributed by atoms with E-state index in [1.807, 2.05) is 30.1 Å². The molecule has 144 valence electrons. The maximum absolute atomic E-state index is 13.3. The molecule has 1 saturated heterocycles. The fourth-order valence-electron chi connectivity index (χ4n) is 3.92. The van der Waals surface area contributed by atoms with Gasteiger partial charge in [0.1, 0.15) is 11.3 Å². The van der Waals surface area contributed by atoms with Gasteiger partial charge in [0.05, 0.1) is 12.0 Å². The molecule has 1 N–H and O–H groups in total. The van der Waals surface area contributed by atoms with Gasteiger partial charge in [-0.25, -0.2) is 0 Å². The van der Waals surface area contributed by atoms with E-state index in [0.29, 0.717) is 13.2 Å². The summed E-state index contributed by atoms with van der Waals surface area (Å²) in [6.45, 7) is 4.85. The Hall–Kier alpha value is -1.56. The van der Waals surface area contributed by atoms with Crippen LogP contribution < -0.4 is 5.32 Å². The van der Waals surface area contributed by atoms with Crippen LogP contribution in [-0.4, -0.2) is 44.7 Å². The summed E-state index contributed by atoms with van der Waals surface area (Å²) >= 11 is 0. The number of carbonyl (C=O) groups excluding carboxylic acids is 1. The molecule has 0 aliphatic carbocycles. The zero-order chi connectivity index (χ0) is 17.9. The van der Waals surface area contributed by atoms with Gasteiger partial charge in [-0.15, -0.1) is 12.4 Å². The number of furan rings is 1. The number of nitrogens with zero attached hydrogens (tertiary/aromatic N) is 1. The lowest BCUT2D eigenvalue weighted by Crippen LogP contribution is -2.50. The van der Waals surface area contributed by atoms with Crippen LogP contribution in [0.25, 0.3) is 11.0 Å². The molecule has 6 heteroatoms. The number of rotatable bonds is 6. The first kappa shape index (κ1) is 20.7. The summed E-state index contributed by atoms with van der Waals surface area (Å²) in [5.41, 5.74) is 1.60. The van der Waals surface area contributed by atoms with Crippen molar-refractivity contribution in [3.63, 3.8) is 0 Å². The van der Waals surface area contributed by atoms with E-state index in [2.05, 4.69) is 18.3 Å². The van der Waals surface area contributed by atoms with Gasteiger partial charge < -0.3 is 19.4 Å². The average Bonchev–Trinajstić information content (AvgIpc) is 3.00. The van der Waals surface area contributed by atoms with Gasteiger partial charge in [-0.1, -0.05) is 25.1 Å². The van der Waals surface area contributed by atoms with Crippen molar-refractivity contribution in [3.8, 4) is 0 Å². The lowest BCUT2D eigenvalue weighted by atomic mass is 9.78. The molecular formula is C20H29ClN2O3. The van der Waals surface area contributed by atoms with E-state index in [-0.39, 0.29) is 18.3 Å². The predicted molar refractivity (Wildman–Crippen MR) is 106 cm³/mol. The molecule has 1 aliphatic rings. The summed E-state index contributed by atoms with van der Waals surface area (Å²) in [5.74, 6) is 1.13. The largest absolute Gasteiger partial charge is 0.461 e. The minimum atomic E-state index is -0.416. The lowest BCUT2D eigenvalue weighted by molar-refractivity contribution is -0.146. The molecular weight excluding hydrogens is 352 g/mol. The summed E-state index contributed by atoms with van der Waals surface area (Å²) in [7, 11) is 3.57. The number of nitrogens with one attached hydrogen (secondary N) is 1. The summed E-state index contributed by atoms with van der Waals surface area (Å²) in [5, 5.41) is 4.44. The number of amides is 1. The van der Waals surface area contributed by atoms with Gasteiger partial charge in [0.15, 0.2) is 0 Å². The van der Waals surface area contributed by atoms with Gasteiger partial charge in [-0.05, 0) is 32.0 Å². The molecule has 2 aromatic rings. The molecule has 0 saturated carbocycles. The highest BCUT2D eigenvalue weighted by molar-refractivity contribution is 5.86. The number of hydrogen-bond acceptors (Lipinski definition) is 4. The molecule has 0 atom stereocenters. The standard InChI is InChI=1S/C20H28N2O3.ClH/c1-4-17-16(15-7-5-6-8-18(15)25-17)13-22(2)19(23)20(14-24-3)9-11-21-12-10-20;/h5-8,21H,4,9-14H2,1-3H3;1H. The molecule has 5 nitrogen and oxygen atoms in total. The summed E-state index contributed by atoms with van der Waals surface area (Å²) < 4.78 is 11.4. The number of hydrogen-bond donors (Lipinski definition) is 1. The number of benzene rings is 1. The number of piperidine rings is 1. The van der Waals surface area contributed by atoms with Crippen LogP contribution in [0.4, 0.5) is 0 Å². The Morgan fingerprint density at radius 3 is 2.65 bits per heavy atom. The second-order valence-electron chi connectivity index (χ2n) is 6.98. The summed E-state index contributed by atoms with van der Waals surface area (Å²) in [6, 6.07) is 8.05. The van der Waals surface area contributed by atoms with Gasteiger partial charge in [0.25, 0.3) is 0 Å². The number of ether oxygens (including phenoxy) is 1. The Balaban J connectivity index is 0.00000243. The van der Waals surface area contributed by atoms with Crippen molar-refractivity contribution in [3.05, 3.63) is 35.6 Å². The van der Waals surface area contributed by atoms with Crippen LogP contribution in [0, 0.1) is 5.41 Å². The summed E-state index contributed by atoms with van der Waals surface area (Å²) in [4.78, 5) is 15.1. The quantitative estimate of drug-likeness (QED) is 0.834. The monoisotopic (exact) mass is 380 g/mol. The lowest BCUT2D eigenvalue weighted by Gasteiger charge is -2.38. The van der Waals surface area contributed by atoms with E-state index >= 15 is 0 Å². The highest BCUT2D eigenvalue weighted by atomic mass is 35.5. The van der Waals surface area contributed by atoms with Crippen molar-refractivity contribution in [2.75, 3.05) is 33.9 Å². The molecule has 3 rings (SSSR count). The molecule has 0 unspecified atom stereocenters. The van der Waals surface area contributed by atoms with Crippen LogP contribution in [0.3, 0.4) is 0 Å². The topological polar surface area (TPSA) is 54.7 Å². The van der Waals surface area contributed by atoms with E-state index in [9.17, 15) is 4.79 Å². The van der Waals surface area contributed by atoms with Crippen LogP contribution in [0.1, 0.15) is 31.1 Å². The van der Waals surface area contributed by atoms with Gasteiger partial charge in [-0.2, -0.15) is 0 Å². The van der Waals surface area contributed by atoms with Crippen LogP contribution >= 0.6 is 12.4 Å². The molecule has 1 amide bonds. The fraction of sp³-hybridized carbons (Fsp3) is 0.550. The first-order valence-electron chi connectivity index (χ1n) is 9.06.